The molecular weight excluding hydrogens is 552 g/mol. The third-order valence-corrected chi connectivity index (χ3v) is 9.92. The number of rotatable bonds is 2. The van der Waals surface area contributed by atoms with E-state index >= 15 is 0 Å². The summed E-state index contributed by atoms with van der Waals surface area (Å²) in [4.78, 5) is 40.1. The first-order valence-electron chi connectivity index (χ1n) is 10.4. The molecule has 3 aromatic rings. The van der Waals surface area contributed by atoms with E-state index < -0.39 is 25.4 Å². The van der Waals surface area contributed by atoms with Gasteiger partial charge in [0.25, 0.3) is 5.69 Å². The fraction of sp³-hybridized carbons (Fsp3) is 0.200. The highest BCUT2D eigenvalue weighted by Crippen LogP contribution is 2.70. The average molecular weight is 568 g/mol. The van der Waals surface area contributed by atoms with Gasteiger partial charge in [0.2, 0.25) is 11.8 Å². The molecule has 2 atom stereocenters. The molecule has 1 saturated heterocycles. The maximum absolute atomic E-state index is 14.0. The number of nitrogens with zero attached hydrogens (tertiary/aromatic N) is 2. The Hall–Kier alpha value is -2.84. The summed E-state index contributed by atoms with van der Waals surface area (Å²) in [5.41, 5.74) is 4.49. The van der Waals surface area contributed by atoms with E-state index in [-0.39, 0.29) is 23.2 Å². The number of carbonyl (C=O) groups excluding carboxylic acids is 2. The molecular formula is C25H16Br2N2O4. The van der Waals surface area contributed by atoms with Crippen LogP contribution < -0.4 is 4.90 Å². The van der Waals surface area contributed by atoms with E-state index in [9.17, 15) is 19.7 Å². The minimum absolute atomic E-state index is 0.164. The lowest BCUT2D eigenvalue weighted by Gasteiger charge is -2.55. The van der Waals surface area contributed by atoms with Crippen molar-refractivity contribution in [1.29, 1.82) is 0 Å². The Kier molecular flexibility index (Phi) is 4.15. The highest BCUT2D eigenvalue weighted by Gasteiger charge is 2.72. The van der Waals surface area contributed by atoms with Crippen molar-refractivity contribution < 1.29 is 14.5 Å². The molecule has 0 aromatic heterocycles. The molecule has 0 N–H and O–H groups in total. The standard InChI is InChI=1S/C25H16Br2N2O4/c1-13-10-11-14(29(32)33)12-19(13)28-22(30)20-21(23(28)31)25(27)16-7-3-2-6-15(16)24(20,26)17-8-4-5-9-18(17)25/h2-12,20-21H,1H3/t20-,21-,24?,25?/m1/s1. The van der Waals surface area contributed by atoms with Crippen LogP contribution in [-0.2, 0) is 18.2 Å². The first-order valence-corrected chi connectivity index (χ1v) is 12.0. The number of halogens is 2. The number of alkyl halides is 2. The van der Waals surface area contributed by atoms with Crippen LogP contribution in [0.25, 0.3) is 0 Å². The first kappa shape index (κ1) is 20.7. The van der Waals surface area contributed by atoms with Crippen LogP contribution in [0.4, 0.5) is 11.4 Å². The topological polar surface area (TPSA) is 80.5 Å². The summed E-state index contributed by atoms with van der Waals surface area (Å²) in [6.45, 7) is 1.74. The number of nitro benzene ring substituents is 1. The number of aryl methyl sites for hydroxylation is 1. The van der Waals surface area contributed by atoms with Gasteiger partial charge in [-0.05, 0) is 34.7 Å². The maximum Gasteiger partial charge on any atom is 0.271 e. The summed E-state index contributed by atoms with van der Waals surface area (Å²) in [6, 6.07) is 20.0. The van der Waals surface area contributed by atoms with E-state index in [1.165, 1.54) is 12.1 Å². The molecule has 1 heterocycles. The second-order valence-electron chi connectivity index (χ2n) is 8.71. The van der Waals surface area contributed by atoms with E-state index in [1.807, 2.05) is 48.5 Å². The quantitative estimate of drug-likeness (QED) is 0.182. The predicted molar refractivity (Wildman–Crippen MR) is 130 cm³/mol. The zero-order valence-corrected chi connectivity index (χ0v) is 20.5. The molecule has 2 bridgehead atoms. The molecule has 6 nitrogen and oxygen atoms in total. The molecule has 2 amide bonds. The normalized spacial score (nSPS) is 29.0. The van der Waals surface area contributed by atoms with E-state index in [1.54, 1.807) is 13.0 Å². The van der Waals surface area contributed by atoms with Gasteiger partial charge in [-0.2, -0.15) is 0 Å². The van der Waals surface area contributed by atoms with Gasteiger partial charge < -0.3 is 0 Å². The lowest BCUT2D eigenvalue weighted by atomic mass is 9.54. The lowest BCUT2D eigenvalue weighted by molar-refractivity contribution is -0.384. The van der Waals surface area contributed by atoms with Crippen LogP contribution in [0.3, 0.4) is 0 Å². The van der Waals surface area contributed by atoms with Gasteiger partial charge in [-0.1, -0.05) is 86.5 Å². The predicted octanol–water partition coefficient (Wildman–Crippen LogP) is 5.31. The van der Waals surface area contributed by atoms with Gasteiger partial charge in [0.15, 0.2) is 0 Å². The van der Waals surface area contributed by atoms with Gasteiger partial charge in [-0.15, -0.1) is 0 Å². The molecule has 7 rings (SSSR count). The fourth-order valence-electron chi connectivity index (χ4n) is 5.86. The number of benzene rings is 3. The number of amides is 2. The van der Waals surface area contributed by atoms with Crippen molar-refractivity contribution in [2.45, 2.75) is 15.6 Å². The number of imide groups is 1. The highest BCUT2D eigenvalue weighted by molar-refractivity contribution is 9.10. The maximum atomic E-state index is 14.0. The summed E-state index contributed by atoms with van der Waals surface area (Å²) in [6.07, 6.45) is 0. The van der Waals surface area contributed by atoms with Crippen LogP contribution in [-0.4, -0.2) is 16.7 Å². The molecule has 0 radical (unpaired) electrons. The number of carbonyl (C=O) groups is 2. The monoisotopic (exact) mass is 566 g/mol. The van der Waals surface area contributed by atoms with Gasteiger partial charge in [0.05, 0.1) is 31.1 Å². The number of anilines is 1. The summed E-state index contributed by atoms with van der Waals surface area (Å²) < 4.78 is -1.78. The first-order chi connectivity index (χ1) is 15.7. The summed E-state index contributed by atoms with van der Waals surface area (Å²) in [7, 11) is 0. The van der Waals surface area contributed by atoms with Crippen LogP contribution in [0.2, 0.25) is 0 Å². The molecule has 8 heteroatoms. The van der Waals surface area contributed by atoms with Crippen LogP contribution in [0.1, 0.15) is 27.8 Å². The van der Waals surface area contributed by atoms with E-state index in [0.29, 0.717) is 5.56 Å². The van der Waals surface area contributed by atoms with Gasteiger partial charge >= 0.3 is 0 Å². The Morgan fingerprint density at radius 1 is 0.818 bits per heavy atom. The second kappa shape index (κ2) is 6.61. The van der Waals surface area contributed by atoms with Crippen molar-refractivity contribution >= 4 is 55.0 Å². The molecule has 164 valence electrons. The van der Waals surface area contributed by atoms with Crippen molar-refractivity contribution in [2.24, 2.45) is 11.8 Å². The molecule has 4 aliphatic rings. The average Bonchev–Trinajstić information content (AvgIpc) is 3.09. The Bertz CT molecular complexity index is 1300. The smallest absolute Gasteiger partial charge is 0.271 e. The minimum Gasteiger partial charge on any atom is -0.274 e. The molecule has 1 aliphatic heterocycles. The molecule has 0 saturated carbocycles. The molecule has 3 aliphatic carbocycles. The van der Waals surface area contributed by atoms with Crippen molar-refractivity contribution in [1.82, 2.24) is 0 Å². The molecule has 1 fully saturated rings. The Labute approximate surface area is 206 Å². The van der Waals surface area contributed by atoms with Crippen LogP contribution in [0.15, 0.2) is 66.7 Å². The van der Waals surface area contributed by atoms with Crippen molar-refractivity contribution in [3.63, 3.8) is 0 Å². The number of non-ortho nitro benzene ring substituents is 1. The van der Waals surface area contributed by atoms with Gasteiger partial charge in [0.1, 0.15) is 0 Å². The minimum atomic E-state index is -0.892. The molecule has 0 spiro atoms. The van der Waals surface area contributed by atoms with Crippen LogP contribution in [0, 0.1) is 28.9 Å². The molecule has 0 unspecified atom stereocenters. The van der Waals surface area contributed by atoms with Gasteiger partial charge in [-0.3, -0.25) is 19.7 Å². The lowest BCUT2D eigenvalue weighted by Crippen LogP contribution is -2.56. The van der Waals surface area contributed by atoms with E-state index in [4.69, 9.17) is 0 Å². The van der Waals surface area contributed by atoms with Gasteiger partial charge in [-0.25, -0.2) is 4.90 Å². The van der Waals surface area contributed by atoms with Crippen molar-refractivity contribution in [2.75, 3.05) is 4.90 Å². The number of hydrogen-bond donors (Lipinski definition) is 0. The number of nitro groups is 1. The Morgan fingerprint density at radius 3 is 1.64 bits per heavy atom. The van der Waals surface area contributed by atoms with Gasteiger partial charge in [0, 0.05) is 12.1 Å². The third-order valence-electron chi connectivity index (χ3n) is 7.23. The fourth-order valence-corrected chi connectivity index (χ4v) is 8.16. The summed E-state index contributed by atoms with van der Waals surface area (Å²) in [5.74, 6) is -2.16. The number of hydrogen-bond acceptors (Lipinski definition) is 4. The van der Waals surface area contributed by atoms with E-state index in [0.717, 1.165) is 27.2 Å². The highest BCUT2D eigenvalue weighted by atomic mass is 79.9. The molecule has 3 aromatic carbocycles. The summed E-state index contributed by atoms with van der Waals surface area (Å²) in [5, 5.41) is 11.4. The SMILES string of the molecule is Cc1ccc([N+](=O)[O-])cc1N1C(=O)[C@H]2[C@H](C1=O)C1(Br)c3ccccc3C2(Br)c2ccccc21. The second-order valence-corrected chi connectivity index (χ2v) is 11.2. The molecule has 33 heavy (non-hydrogen) atoms. The summed E-state index contributed by atoms with van der Waals surface area (Å²) >= 11 is 7.91. The Balaban J connectivity index is 1.64. The van der Waals surface area contributed by atoms with Crippen LogP contribution >= 0.6 is 31.9 Å². The van der Waals surface area contributed by atoms with Crippen molar-refractivity contribution in [3.05, 3.63) is 105 Å². The van der Waals surface area contributed by atoms with E-state index in [2.05, 4.69) is 31.9 Å². The third kappa shape index (κ3) is 2.33. The van der Waals surface area contributed by atoms with Crippen LogP contribution in [0.5, 0.6) is 0 Å². The zero-order valence-electron chi connectivity index (χ0n) is 17.3. The largest absolute Gasteiger partial charge is 0.274 e. The Morgan fingerprint density at radius 2 is 1.24 bits per heavy atom. The van der Waals surface area contributed by atoms with Crippen molar-refractivity contribution in [3.8, 4) is 0 Å². The zero-order chi connectivity index (χ0) is 23.3.